The van der Waals surface area contributed by atoms with Gasteiger partial charge in [0, 0.05) is 69.3 Å². The lowest BCUT2D eigenvalue weighted by Gasteiger charge is -2.36. The molecule has 5 heterocycles. The number of fused-ring (bicyclic) bond motifs is 1. The van der Waals surface area contributed by atoms with Gasteiger partial charge in [0.25, 0.3) is 0 Å². The molecule has 1 aliphatic rings. The fourth-order valence-electron chi connectivity index (χ4n) is 4.44. The van der Waals surface area contributed by atoms with Crippen LogP contribution < -0.4 is 4.90 Å². The van der Waals surface area contributed by atoms with Crippen LogP contribution in [0, 0.1) is 0 Å². The van der Waals surface area contributed by atoms with Gasteiger partial charge in [-0.2, -0.15) is 5.10 Å². The monoisotopic (exact) mass is 514 g/mol. The van der Waals surface area contributed by atoms with E-state index in [1.807, 2.05) is 53.7 Å². The molecule has 1 aromatic carbocycles. The van der Waals surface area contributed by atoms with Crippen LogP contribution in [0.5, 0.6) is 0 Å². The maximum Gasteiger partial charge on any atom is 0.180 e. The van der Waals surface area contributed by atoms with Crippen molar-refractivity contribution in [3.63, 3.8) is 0 Å². The number of nitrogens with one attached hydrogen (secondary N) is 1. The Morgan fingerprint density at radius 3 is 2.53 bits per heavy atom. The van der Waals surface area contributed by atoms with Gasteiger partial charge in [-0.05, 0) is 57.9 Å². The number of pyridine rings is 2. The van der Waals surface area contributed by atoms with Crippen molar-refractivity contribution in [1.29, 1.82) is 0 Å². The second-order valence-corrected chi connectivity index (χ2v) is 9.22. The zero-order valence-electron chi connectivity index (χ0n) is 18.5. The van der Waals surface area contributed by atoms with Crippen LogP contribution in [-0.4, -0.2) is 60.8 Å². The van der Waals surface area contributed by atoms with Crippen molar-refractivity contribution in [2.75, 3.05) is 31.1 Å². The van der Waals surface area contributed by atoms with Gasteiger partial charge in [0.05, 0.1) is 15.8 Å². The van der Waals surface area contributed by atoms with E-state index >= 15 is 0 Å². The van der Waals surface area contributed by atoms with Crippen molar-refractivity contribution >= 4 is 32.8 Å². The number of piperazine rings is 1. The van der Waals surface area contributed by atoms with Crippen LogP contribution in [-0.2, 0) is 6.54 Å². The van der Waals surface area contributed by atoms with Crippen LogP contribution in [0.1, 0.15) is 5.56 Å². The summed E-state index contributed by atoms with van der Waals surface area (Å²) in [5.41, 5.74) is 6.08. The molecule has 0 atom stereocenters. The summed E-state index contributed by atoms with van der Waals surface area (Å²) in [6.45, 7) is 4.77. The highest BCUT2D eigenvalue weighted by molar-refractivity contribution is 9.10. The molecule has 0 amide bonds. The van der Waals surface area contributed by atoms with Gasteiger partial charge in [0.1, 0.15) is 11.3 Å². The fourth-order valence-corrected chi connectivity index (χ4v) is 4.99. The van der Waals surface area contributed by atoms with Gasteiger partial charge >= 0.3 is 0 Å². The van der Waals surface area contributed by atoms with E-state index in [-0.39, 0.29) is 0 Å². The number of hydrogen-bond donors (Lipinski definition) is 1. The smallest absolute Gasteiger partial charge is 0.180 e. The summed E-state index contributed by atoms with van der Waals surface area (Å²) in [5.74, 6) is 0.809. The summed E-state index contributed by atoms with van der Waals surface area (Å²) in [6, 6.07) is 14.2. The van der Waals surface area contributed by atoms with Crippen LogP contribution in [0.25, 0.3) is 28.2 Å². The molecule has 1 aliphatic heterocycles. The maximum absolute atomic E-state index is 4.79. The lowest BCUT2D eigenvalue weighted by Crippen LogP contribution is -2.46. The zero-order valence-corrected chi connectivity index (χ0v) is 20.1. The minimum Gasteiger partial charge on any atom is -0.366 e. The molecule has 6 rings (SSSR count). The largest absolute Gasteiger partial charge is 0.366 e. The van der Waals surface area contributed by atoms with Crippen LogP contribution in [0.4, 0.5) is 5.69 Å². The number of anilines is 1. The van der Waals surface area contributed by atoms with E-state index in [1.54, 1.807) is 6.20 Å². The standard InChI is InChI=1S/C25H23BrN8/c26-21-16-28-25-22(23(21)33-13-11-32(12-14-33)17-18-3-1-8-27-15-18)30-24(31-25)19-4-6-20(7-5-19)34-10-2-9-29-34/h1-10,15-16H,11-14,17H2,(H,28,30,31). The molecule has 34 heavy (non-hydrogen) atoms. The van der Waals surface area contributed by atoms with Gasteiger partial charge in [-0.1, -0.05) is 6.07 Å². The predicted octanol–water partition coefficient (Wildman–Crippen LogP) is 4.29. The minimum atomic E-state index is 0.724. The average Bonchev–Trinajstić information content (AvgIpc) is 3.56. The third kappa shape index (κ3) is 4.08. The molecule has 0 unspecified atom stereocenters. The molecular formula is C25H23BrN8. The number of benzene rings is 1. The molecule has 0 spiro atoms. The van der Waals surface area contributed by atoms with Gasteiger partial charge in [-0.25, -0.2) is 14.6 Å². The molecule has 1 N–H and O–H groups in total. The Balaban J connectivity index is 1.24. The van der Waals surface area contributed by atoms with Crippen molar-refractivity contribution < 1.29 is 0 Å². The molecule has 8 nitrogen and oxygen atoms in total. The number of imidazole rings is 1. The third-order valence-corrected chi connectivity index (χ3v) is 6.76. The van der Waals surface area contributed by atoms with E-state index in [1.165, 1.54) is 5.56 Å². The van der Waals surface area contributed by atoms with E-state index in [2.05, 4.69) is 64.0 Å². The summed E-state index contributed by atoms with van der Waals surface area (Å²) in [4.78, 5) is 22.0. The molecule has 1 saturated heterocycles. The Kier molecular flexibility index (Phi) is 5.56. The highest BCUT2D eigenvalue weighted by Gasteiger charge is 2.23. The SMILES string of the molecule is Brc1cnc2nc(-c3ccc(-n4cccn4)cc3)[nH]c2c1N1CCN(Cc2cccnc2)CC1. The molecule has 0 saturated carbocycles. The van der Waals surface area contributed by atoms with Gasteiger partial charge < -0.3 is 9.88 Å². The number of nitrogens with zero attached hydrogens (tertiary/aromatic N) is 7. The Bertz CT molecular complexity index is 1390. The molecular weight excluding hydrogens is 492 g/mol. The molecule has 170 valence electrons. The molecule has 9 heteroatoms. The topological polar surface area (TPSA) is 78.8 Å². The number of aromatic nitrogens is 6. The Morgan fingerprint density at radius 1 is 0.941 bits per heavy atom. The molecule has 0 radical (unpaired) electrons. The van der Waals surface area contributed by atoms with Gasteiger partial charge in [0.2, 0.25) is 0 Å². The van der Waals surface area contributed by atoms with Crippen molar-refractivity contribution in [2.45, 2.75) is 6.54 Å². The minimum absolute atomic E-state index is 0.724. The van der Waals surface area contributed by atoms with Gasteiger partial charge in [-0.15, -0.1) is 0 Å². The molecule has 0 aliphatic carbocycles. The second-order valence-electron chi connectivity index (χ2n) is 8.36. The molecule has 5 aromatic rings. The Labute approximate surface area is 205 Å². The summed E-state index contributed by atoms with van der Waals surface area (Å²) in [5, 5.41) is 4.29. The van der Waals surface area contributed by atoms with Crippen LogP contribution in [0.3, 0.4) is 0 Å². The Morgan fingerprint density at radius 2 is 1.79 bits per heavy atom. The Hall–Kier alpha value is -3.56. The number of rotatable bonds is 5. The predicted molar refractivity (Wildman–Crippen MR) is 136 cm³/mol. The summed E-state index contributed by atoms with van der Waals surface area (Å²) in [7, 11) is 0. The lowest BCUT2D eigenvalue weighted by molar-refractivity contribution is 0.249. The quantitative estimate of drug-likeness (QED) is 0.376. The summed E-state index contributed by atoms with van der Waals surface area (Å²) >= 11 is 3.74. The first kappa shape index (κ1) is 21.0. The number of halogens is 1. The van der Waals surface area contributed by atoms with E-state index in [0.29, 0.717) is 0 Å². The molecule has 0 bridgehead atoms. The van der Waals surface area contributed by atoms with Gasteiger partial charge in [0.15, 0.2) is 5.65 Å². The van der Waals surface area contributed by atoms with Crippen molar-refractivity contribution in [3.05, 3.63) is 83.5 Å². The number of hydrogen-bond acceptors (Lipinski definition) is 6. The van der Waals surface area contributed by atoms with Crippen molar-refractivity contribution in [1.82, 2.24) is 34.6 Å². The van der Waals surface area contributed by atoms with E-state index in [0.717, 1.165) is 71.1 Å². The van der Waals surface area contributed by atoms with E-state index in [4.69, 9.17) is 4.98 Å². The first-order valence-corrected chi connectivity index (χ1v) is 12.0. The summed E-state index contributed by atoms with van der Waals surface area (Å²) in [6.07, 6.45) is 9.33. The van der Waals surface area contributed by atoms with E-state index < -0.39 is 0 Å². The first-order valence-electron chi connectivity index (χ1n) is 11.3. The van der Waals surface area contributed by atoms with Crippen LogP contribution in [0.15, 0.2) is 77.9 Å². The molecule has 1 fully saturated rings. The highest BCUT2D eigenvalue weighted by atomic mass is 79.9. The third-order valence-electron chi connectivity index (χ3n) is 6.18. The fraction of sp³-hybridized carbons (Fsp3) is 0.200. The van der Waals surface area contributed by atoms with Gasteiger partial charge in [-0.3, -0.25) is 9.88 Å². The summed E-state index contributed by atoms with van der Waals surface area (Å²) < 4.78 is 2.82. The maximum atomic E-state index is 4.79. The van der Waals surface area contributed by atoms with Crippen molar-refractivity contribution in [3.8, 4) is 17.1 Å². The van der Waals surface area contributed by atoms with E-state index in [9.17, 15) is 0 Å². The van der Waals surface area contributed by atoms with Crippen LogP contribution in [0.2, 0.25) is 0 Å². The number of aromatic amines is 1. The second kappa shape index (κ2) is 9.00. The normalized spacial score (nSPS) is 14.7. The average molecular weight is 515 g/mol. The zero-order chi connectivity index (χ0) is 22.9. The molecule has 4 aromatic heterocycles. The highest BCUT2D eigenvalue weighted by Crippen LogP contribution is 2.34. The first-order chi connectivity index (χ1) is 16.7. The number of H-pyrrole nitrogens is 1. The lowest BCUT2D eigenvalue weighted by atomic mass is 10.2. The van der Waals surface area contributed by atoms with Crippen LogP contribution >= 0.6 is 15.9 Å². The van der Waals surface area contributed by atoms with Crippen molar-refractivity contribution in [2.24, 2.45) is 0 Å².